The SMILES string of the molecule is Cc1cc(OCc2c(F)ccc(F)c2F)n2nc(C)c(C(=O)NCC(C)(N)C3CC3)c2c1. The predicted molar refractivity (Wildman–Crippen MR) is 113 cm³/mol. The zero-order valence-corrected chi connectivity index (χ0v) is 18.1. The van der Waals surface area contributed by atoms with Crippen molar-refractivity contribution < 1.29 is 22.7 Å². The molecule has 0 bridgehead atoms. The molecular weight excluding hydrogens is 421 g/mol. The van der Waals surface area contributed by atoms with Crippen LogP contribution in [0.15, 0.2) is 24.3 Å². The molecule has 0 saturated heterocycles. The van der Waals surface area contributed by atoms with Crippen LogP contribution < -0.4 is 15.8 Å². The summed E-state index contributed by atoms with van der Waals surface area (Å²) in [6.07, 6.45) is 2.12. The number of hydrogen-bond donors (Lipinski definition) is 2. The quantitative estimate of drug-likeness (QED) is 0.541. The second-order valence-electron chi connectivity index (χ2n) is 8.70. The molecule has 2 heterocycles. The molecule has 4 rings (SSSR count). The first-order valence-corrected chi connectivity index (χ1v) is 10.4. The van der Waals surface area contributed by atoms with Crippen LogP contribution in [-0.4, -0.2) is 27.6 Å². The van der Waals surface area contributed by atoms with Gasteiger partial charge in [0.2, 0.25) is 5.88 Å². The number of nitrogens with one attached hydrogen (secondary N) is 1. The minimum Gasteiger partial charge on any atom is -0.473 e. The van der Waals surface area contributed by atoms with Crippen LogP contribution in [0.5, 0.6) is 5.88 Å². The monoisotopic (exact) mass is 446 g/mol. The number of hydrogen-bond acceptors (Lipinski definition) is 4. The summed E-state index contributed by atoms with van der Waals surface area (Å²) in [5.41, 5.74) is 7.38. The molecule has 1 aromatic carbocycles. The Morgan fingerprint density at radius 1 is 1.25 bits per heavy atom. The molecule has 3 aromatic rings. The highest BCUT2D eigenvalue weighted by Gasteiger charge is 2.38. The van der Waals surface area contributed by atoms with E-state index < -0.39 is 35.2 Å². The Balaban J connectivity index is 1.62. The molecule has 2 aromatic heterocycles. The number of benzene rings is 1. The van der Waals surface area contributed by atoms with Gasteiger partial charge in [0.15, 0.2) is 11.6 Å². The van der Waals surface area contributed by atoms with Crippen LogP contribution in [0.25, 0.3) is 5.52 Å². The lowest BCUT2D eigenvalue weighted by Gasteiger charge is -2.24. The number of carbonyl (C=O) groups is 1. The summed E-state index contributed by atoms with van der Waals surface area (Å²) in [5.74, 6) is -3.11. The molecule has 1 aliphatic rings. The van der Waals surface area contributed by atoms with E-state index in [1.165, 1.54) is 4.52 Å². The summed E-state index contributed by atoms with van der Waals surface area (Å²) >= 11 is 0. The Kier molecular flexibility index (Phi) is 5.62. The van der Waals surface area contributed by atoms with Gasteiger partial charge in [-0.15, -0.1) is 0 Å². The molecule has 0 aliphatic heterocycles. The van der Waals surface area contributed by atoms with Gasteiger partial charge in [0.25, 0.3) is 5.91 Å². The average Bonchev–Trinajstić information content (AvgIpc) is 3.53. The number of aromatic nitrogens is 2. The van der Waals surface area contributed by atoms with Gasteiger partial charge in [-0.1, -0.05) is 0 Å². The molecular formula is C23H25F3N4O2. The van der Waals surface area contributed by atoms with E-state index in [0.717, 1.165) is 30.5 Å². The van der Waals surface area contributed by atoms with E-state index in [-0.39, 0.29) is 11.8 Å². The Morgan fingerprint density at radius 2 is 1.94 bits per heavy atom. The number of nitrogens with zero attached hydrogens (tertiary/aromatic N) is 2. The second kappa shape index (κ2) is 8.12. The standard InChI is InChI=1S/C23H25F3N4O2/c1-12-8-18-20(22(31)28-11-23(3,27)14-4-5-14)13(2)29-30(18)19(9-12)32-10-15-16(24)6-7-17(25)21(15)26/h6-9,14H,4-5,10-11,27H2,1-3H3,(H,28,31). The fourth-order valence-corrected chi connectivity index (χ4v) is 3.84. The molecule has 0 radical (unpaired) electrons. The third-order valence-corrected chi connectivity index (χ3v) is 5.89. The van der Waals surface area contributed by atoms with Crippen molar-refractivity contribution in [1.82, 2.24) is 14.9 Å². The topological polar surface area (TPSA) is 81.7 Å². The molecule has 0 spiro atoms. The van der Waals surface area contributed by atoms with Gasteiger partial charge >= 0.3 is 0 Å². The summed E-state index contributed by atoms with van der Waals surface area (Å²) in [7, 11) is 0. The van der Waals surface area contributed by atoms with Crippen molar-refractivity contribution in [3.63, 3.8) is 0 Å². The van der Waals surface area contributed by atoms with Crippen molar-refractivity contribution >= 4 is 11.4 Å². The molecule has 3 N–H and O–H groups in total. The van der Waals surface area contributed by atoms with Gasteiger partial charge in [-0.3, -0.25) is 4.79 Å². The Hall–Kier alpha value is -3.07. The number of fused-ring (bicyclic) bond motifs is 1. The number of ether oxygens (including phenoxy) is 1. The second-order valence-corrected chi connectivity index (χ2v) is 8.70. The number of rotatable bonds is 7. The van der Waals surface area contributed by atoms with Gasteiger partial charge in [-0.25, -0.2) is 13.2 Å². The average molecular weight is 446 g/mol. The summed E-state index contributed by atoms with van der Waals surface area (Å²) in [6, 6.07) is 4.96. The maximum atomic E-state index is 14.0. The van der Waals surface area contributed by atoms with Crippen LogP contribution in [0.4, 0.5) is 13.2 Å². The van der Waals surface area contributed by atoms with E-state index >= 15 is 0 Å². The van der Waals surface area contributed by atoms with Crippen molar-refractivity contribution in [3.05, 3.63) is 64.1 Å². The van der Waals surface area contributed by atoms with Gasteiger partial charge in [0.1, 0.15) is 12.4 Å². The lowest BCUT2D eigenvalue weighted by molar-refractivity contribution is 0.0943. The van der Waals surface area contributed by atoms with Crippen molar-refractivity contribution in [3.8, 4) is 5.88 Å². The lowest BCUT2D eigenvalue weighted by Crippen LogP contribution is -2.49. The van der Waals surface area contributed by atoms with Crippen LogP contribution in [0, 0.1) is 37.2 Å². The third kappa shape index (κ3) is 4.17. The predicted octanol–water partition coefficient (Wildman–Crippen LogP) is 3.80. The van der Waals surface area contributed by atoms with Crippen LogP contribution in [0.1, 0.15) is 46.9 Å². The summed E-state index contributed by atoms with van der Waals surface area (Å²) in [4.78, 5) is 13.0. The van der Waals surface area contributed by atoms with E-state index in [1.807, 2.05) is 6.92 Å². The van der Waals surface area contributed by atoms with E-state index in [1.54, 1.807) is 26.0 Å². The first-order valence-electron chi connectivity index (χ1n) is 10.4. The van der Waals surface area contributed by atoms with E-state index in [4.69, 9.17) is 10.5 Å². The number of carbonyl (C=O) groups excluding carboxylic acids is 1. The summed E-state index contributed by atoms with van der Waals surface area (Å²) < 4.78 is 48.5. The number of halogens is 3. The van der Waals surface area contributed by atoms with Crippen LogP contribution in [0.2, 0.25) is 0 Å². The van der Waals surface area contributed by atoms with Gasteiger partial charge < -0.3 is 15.8 Å². The molecule has 1 atom stereocenters. The van der Waals surface area contributed by atoms with Crippen LogP contribution in [-0.2, 0) is 6.61 Å². The number of amides is 1. The normalized spacial score (nSPS) is 15.6. The molecule has 1 amide bonds. The molecule has 6 nitrogen and oxygen atoms in total. The van der Waals surface area contributed by atoms with Crippen molar-refractivity contribution in [1.29, 1.82) is 0 Å². The maximum absolute atomic E-state index is 14.0. The molecule has 1 unspecified atom stereocenters. The molecule has 170 valence electrons. The minimum atomic E-state index is -1.30. The fraction of sp³-hybridized carbons (Fsp3) is 0.391. The fourth-order valence-electron chi connectivity index (χ4n) is 3.84. The van der Waals surface area contributed by atoms with Crippen molar-refractivity contribution in [2.75, 3.05) is 6.54 Å². The Bertz CT molecular complexity index is 1200. The molecule has 1 aliphatic carbocycles. The Labute approximate surface area is 183 Å². The summed E-state index contributed by atoms with van der Waals surface area (Å²) in [6.45, 7) is 5.20. The zero-order valence-electron chi connectivity index (χ0n) is 18.1. The van der Waals surface area contributed by atoms with Crippen molar-refractivity contribution in [2.45, 2.75) is 45.8 Å². The highest BCUT2D eigenvalue weighted by atomic mass is 19.2. The first-order chi connectivity index (χ1) is 15.1. The highest BCUT2D eigenvalue weighted by Crippen LogP contribution is 2.37. The van der Waals surface area contributed by atoms with Gasteiger partial charge in [0.05, 0.1) is 22.3 Å². The summed E-state index contributed by atoms with van der Waals surface area (Å²) in [5, 5.41) is 7.28. The van der Waals surface area contributed by atoms with Crippen LogP contribution in [0.3, 0.4) is 0 Å². The van der Waals surface area contributed by atoms with Gasteiger partial charge in [0, 0.05) is 18.2 Å². The number of nitrogens with two attached hydrogens (primary N) is 1. The molecule has 9 heteroatoms. The maximum Gasteiger partial charge on any atom is 0.255 e. The largest absolute Gasteiger partial charge is 0.473 e. The van der Waals surface area contributed by atoms with Gasteiger partial charge in [-0.05, 0) is 63.3 Å². The van der Waals surface area contributed by atoms with Crippen molar-refractivity contribution in [2.24, 2.45) is 11.7 Å². The van der Waals surface area contributed by atoms with E-state index in [0.29, 0.717) is 29.2 Å². The molecule has 32 heavy (non-hydrogen) atoms. The Morgan fingerprint density at radius 3 is 2.62 bits per heavy atom. The van der Waals surface area contributed by atoms with Crippen LogP contribution >= 0.6 is 0 Å². The third-order valence-electron chi connectivity index (χ3n) is 5.89. The number of pyridine rings is 1. The first kappa shape index (κ1) is 22.1. The lowest BCUT2D eigenvalue weighted by atomic mass is 9.97. The van der Waals surface area contributed by atoms with E-state index in [2.05, 4.69) is 10.4 Å². The zero-order chi connectivity index (χ0) is 23.2. The van der Waals surface area contributed by atoms with E-state index in [9.17, 15) is 18.0 Å². The smallest absolute Gasteiger partial charge is 0.255 e. The molecule has 1 saturated carbocycles. The highest BCUT2D eigenvalue weighted by molar-refractivity contribution is 6.02. The van der Waals surface area contributed by atoms with Gasteiger partial charge in [-0.2, -0.15) is 9.61 Å². The molecule has 1 fully saturated rings. The number of aryl methyl sites for hydroxylation is 2. The minimum absolute atomic E-state index is 0.173.